The SMILES string of the molecule is COc1ccc(C(=O)Nc2ccc(-c3nc4cc(NC(=O)c5cc(OC)c(OC)c(OC)c5)ccc4[nH]3)cc2)cc1. The third-order valence-electron chi connectivity index (χ3n) is 6.44. The van der Waals surface area contributed by atoms with Crippen molar-refractivity contribution >= 4 is 34.2 Å². The second kappa shape index (κ2) is 11.7. The molecule has 0 fully saturated rings. The predicted molar refractivity (Wildman–Crippen MR) is 157 cm³/mol. The summed E-state index contributed by atoms with van der Waals surface area (Å²) in [5.74, 6) is 1.96. The molecule has 0 bridgehead atoms. The number of hydrogen-bond acceptors (Lipinski definition) is 7. The van der Waals surface area contributed by atoms with E-state index in [0.29, 0.717) is 56.8 Å². The van der Waals surface area contributed by atoms with Crippen molar-refractivity contribution in [2.24, 2.45) is 0 Å². The van der Waals surface area contributed by atoms with E-state index in [-0.39, 0.29) is 11.8 Å². The van der Waals surface area contributed by atoms with E-state index >= 15 is 0 Å². The Labute approximate surface area is 236 Å². The molecule has 1 heterocycles. The summed E-state index contributed by atoms with van der Waals surface area (Å²) in [6.45, 7) is 0. The second-order valence-corrected chi connectivity index (χ2v) is 8.95. The maximum Gasteiger partial charge on any atom is 0.255 e. The molecular weight excluding hydrogens is 524 g/mol. The van der Waals surface area contributed by atoms with Crippen LogP contribution < -0.4 is 29.6 Å². The Morgan fingerprint density at radius 3 is 1.88 bits per heavy atom. The number of ether oxygens (including phenoxy) is 4. The number of aromatic amines is 1. The topological polar surface area (TPSA) is 124 Å². The molecule has 10 nitrogen and oxygen atoms in total. The van der Waals surface area contributed by atoms with Crippen LogP contribution in [0.1, 0.15) is 20.7 Å². The molecule has 0 unspecified atom stereocenters. The van der Waals surface area contributed by atoms with Gasteiger partial charge in [-0.1, -0.05) is 0 Å². The van der Waals surface area contributed by atoms with Crippen LogP contribution in [0.15, 0.2) is 78.9 Å². The number of amides is 2. The van der Waals surface area contributed by atoms with Crippen molar-refractivity contribution in [3.8, 4) is 34.4 Å². The predicted octanol–water partition coefficient (Wildman–Crippen LogP) is 5.77. The number of methoxy groups -OCH3 is 4. The van der Waals surface area contributed by atoms with Crippen LogP contribution in [0.3, 0.4) is 0 Å². The van der Waals surface area contributed by atoms with Crippen LogP contribution in [0.4, 0.5) is 11.4 Å². The van der Waals surface area contributed by atoms with Crippen LogP contribution in [0.5, 0.6) is 23.0 Å². The highest BCUT2D eigenvalue weighted by molar-refractivity contribution is 6.06. The summed E-state index contributed by atoms with van der Waals surface area (Å²) in [5.41, 5.74) is 4.43. The van der Waals surface area contributed by atoms with Gasteiger partial charge in [-0.3, -0.25) is 9.59 Å². The molecule has 0 atom stereocenters. The number of carbonyl (C=O) groups is 2. The van der Waals surface area contributed by atoms with Gasteiger partial charge >= 0.3 is 0 Å². The van der Waals surface area contributed by atoms with Crippen LogP contribution >= 0.6 is 0 Å². The zero-order valence-electron chi connectivity index (χ0n) is 22.9. The molecule has 10 heteroatoms. The highest BCUT2D eigenvalue weighted by Crippen LogP contribution is 2.38. The Morgan fingerprint density at radius 2 is 1.27 bits per heavy atom. The van der Waals surface area contributed by atoms with Gasteiger partial charge in [0.15, 0.2) is 11.5 Å². The first-order chi connectivity index (χ1) is 19.9. The van der Waals surface area contributed by atoms with Gasteiger partial charge in [0.05, 0.1) is 39.5 Å². The zero-order valence-corrected chi connectivity index (χ0v) is 22.9. The van der Waals surface area contributed by atoms with E-state index in [4.69, 9.17) is 23.9 Å². The molecule has 5 rings (SSSR count). The Kier molecular flexibility index (Phi) is 7.73. The molecule has 5 aromatic rings. The number of hydrogen-bond donors (Lipinski definition) is 3. The van der Waals surface area contributed by atoms with Crippen molar-refractivity contribution < 1.29 is 28.5 Å². The van der Waals surface area contributed by atoms with Crippen LogP contribution in [0.25, 0.3) is 22.4 Å². The van der Waals surface area contributed by atoms with Gasteiger partial charge in [0, 0.05) is 28.1 Å². The Balaban J connectivity index is 1.30. The van der Waals surface area contributed by atoms with Crippen LogP contribution in [0, 0.1) is 0 Å². The molecule has 0 saturated carbocycles. The summed E-state index contributed by atoms with van der Waals surface area (Å²) in [4.78, 5) is 33.6. The van der Waals surface area contributed by atoms with Gasteiger partial charge in [-0.25, -0.2) is 4.98 Å². The van der Waals surface area contributed by atoms with E-state index in [9.17, 15) is 9.59 Å². The van der Waals surface area contributed by atoms with Crippen molar-refractivity contribution in [3.63, 3.8) is 0 Å². The molecule has 0 aliphatic carbocycles. The van der Waals surface area contributed by atoms with Crippen molar-refractivity contribution in [1.82, 2.24) is 9.97 Å². The number of rotatable bonds is 9. The zero-order chi connectivity index (χ0) is 28.9. The Hall–Kier alpha value is -5.51. The van der Waals surface area contributed by atoms with E-state index in [1.807, 2.05) is 30.3 Å². The summed E-state index contributed by atoms with van der Waals surface area (Å²) in [5, 5.41) is 5.78. The smallest absolute Gasteiger partial charge is 0.255 e. The molecule has 0 spiro atoms. The van der Waals surface area contributed by atoms with Gasteiger partial charge in [-0.15, -0.1) is 0 Å². The summed E-state index contributed by atoms with van der Waals surface area (Å²) in [6, 6.07) is 22.9. The number of fused-ring (bicyclic) bond motifs is 1. The van der Waals surface area contributed by atoms with E-state index < -0.39 is 0 Å². The van der Waals surface area contributed by atoms with Gasteiger partial charge in [0.2, 0.25) is 5.75 Å². The summed E-state index contributed by atoms with van der Waals surface area (Å²) in [7, 11) is 6.07. The maximum atomic E-state index is 13.0. The first kappa shape index (κ1) is 27.1. The van der Waals surface area contributed by atoms with Crippen molar-refractivity contribution in [2.75, 3.05) is 39.1 Å². The third-order valence-corrected chi connectivity index (χ3v) is 6.44. The minimum atomic E-state index is -0.341. The normalized spacial score (nSPS) is 10.6. The fourth-order valence-electron chi connectivity index (χ4n) is 4.29. The van der Waals surface area contributed by atoms with E-state index in [2.05, 4.69) is 15.6 Å². The van der Waals surface area contributed by atoms with E-state index in [1.54, 1.807) is 55.6 Å². The lowest BCUT2D eigenvalue weighted by Gasteiger charge is -2.14. The monoisotopic (exact) mass is 552 g/mol. The van der Waals surface area contributed by atoms with Gasteiger partial charge in [-0.2, -0.15) is 0 Å². The number of anilines is 2. The van der Waals surface area contributed by atoms with Crippen LogP contribution in [-0.2, 0) is 0 Å². The molecule has 0 aliphatic heterocycles. The quantitative estimate of drug-likeness (QED) is 0.212. The summed E-state index contributed by atoms with van der Waals surface area (Å²) in [6.07, 6.45) is 0. The van der Waals surface area contributed by atoms with Gasteiger partial charge in [0.25, 0.3) is 11.8 Å². The summed E-state index contributed by atoms with van der Waals surface area (Å²) >= 11 is 0. The van der Waals surface area contributed by atoms with Gasteiger partial charge in [0.1, 0.15) is 11.6 Å². The number of nitrogens with zero attached hydrogens (tertiary/aromatic N) is 1. The Morgan fingerprint density at radius 1 is 0.659 bits per heavy atom. The van der Waals surface area contributed by atoms with Crippen LogP contribution in [-0.4, -0.2) is 50.2 Å². The number of imidazole rings is 1. The molecule has 2 amide bonds. The highest BCUT2D eigenvalue weighted by atomic mass is 16.5. The van der Waals surface area contributed by atoms with E-state index in [0.717, 1.165) is 11.1 Å². The lowest BCUT2D eigenvalue weighted by atomic mass is 10.1. The fourth-order valence-corrected chi connectivity index (χ4v) is 4.29. The van der Waals surface area contributed by atoms with E-state index in [1.165, 1.54) is 21.3 Å². The molecule has 208 valence electrons. The molecule has 0 radical (unpaired) electrons. The minimum absolute atomic E-state index is 0.217. The molecule has 1 aromatic heterocycles. The number of carbonyl (C=O) groups excluding carboxylic acids is 2. The van der Waals surface area contributed by atoms with Crippen LogP contribution in [0.2, 0.25) is 0 Å². The fraction of sp³-hybridized carbons (Fsp3) is 0.129. The van der Waals surface area contributed by atoms with Crippen molar-refractivity contribution in [3.05, 3.63) is 90.0 Å². The van der Waals surface area contributed by atoms with Crippen molar-refractivity contribution in [2.45, 2.75) is 0 Å². The third kappa shape index (κ3) is 5.76. The molecule has 4 aromatic carbocycles. The molecule has 0 aliphatic rings. The second-order valence-electron chi connectivity index (χ2n) is 8.95. The highest BCUT2D eigenvalue weighted by Gasteiger charge is 2.17. The van der Waals surface area contributed by atoms with Gasteiger partial charge in [-0.05, 0) is 78.9 Å². The first-order valence-corrected chi connectivity index (χ1v) is 12.6. The number of benzene rings is 4. The summed E-state index contributed by atoms with van der Waals surface area (Å²) < 4.78 is 21.2. The van der Waals surface area contributed by atoms with Gasteiger partial charge < -0.3 is 34.6 Å². The minimum Gasteiger partial charge on any atom is -0.497 e. The number of nitrogens with one attached hydrogen (secondary N) is 3. The standard InChI is InChI=1S/C31H28N4O6/c1-38-23-12-7-19(8-13-23)30(36)32-21-9-5-18(6-10-21)29-34-24-14-11-22(17-25(24)35-29)33-31(37)20-15-26(39-2)28(41-4)27(16-20)40-3/h5-17H,1-4H3,(H,32,36)(H,33,37)(H,34,35). The molecular formula is C31H28N4O6. The first-order valence-electron chi connectivity index (χ1n) is 12.6. The lowest BCUT2D eigenvalue weighted by molar-refractivity contribution is 0.101. The molecule has 0 saturated heterocycles. The molecule has 3 N–H and O–H groups in total. The largest absolute Gasteiger partial charge is 0.497 e. The molecule has 41 heavy (non-hydrogen) atoms. The Bertz CT molecular complexity index is 1690. The number of H-pyrrole nitrogens is 1. The average Bonchev–Trinajstić information content (AvgIpc) is 3.44. The maximum absolute atomic E-state index is 13.0. The number of aromatic nitrogens is 2. The average molecular weight is 553 g/mol. The lowest BCUT2D eigenvalue weighted by Crippen LogP contribution is -2.12. The van der Waals surface area contributed by atoms with Crippen molar-refractivity contribution in [1.29, 1.82) is 0 Å².